The molecule has 2 saturated heterocycles. The van der Waals surface area contributed by atoms with Crippen molar-refractivity contribution >= 4 is 16.9 Å². The number of benzene rings is 1. The van der Waals surface area contributed by atoms with E-state index in [4.69, 9.17) is 10.7 Å². The van der Waals surface area contributed by atoms with E-state index in [0.717, 1.165) is 35.7 Å². The zero-order valence-electron chi connectivity index (χ0n) is 22.4. The van der Waals surface area contributed by atoms with Crippen LogP contribution in [0.4, 0.5) is 0 Å². The summed E-state index contributed by atoms with van der Waals surface area (Å²) in [6, 6.07) is 11.0. The molecule has 4 aliphatic rings. The third kappa shape index (κ3) is 4.33. The van der Waals surface area contributed by atoms with Gasteiger partial charge in [0.25, 0.3) is 17.0 Å². The highest BCUT2D eigenvalue weighted by Crippen LogP contribution is 2.47. The van der Waals surface area contributed by atoms with Gasteiger partial charge in [0, 0.05) is 35.9 Å². The molecule has 7 rings (SSSR count). The van der Waals surface area contributed by atoms with Crippen LogP contribution < -0.4 is 16.9 Å². The SMILES string of the molecule is NC(=O)c1cc(-c2nc3ccccc3n([C@H]3C[C@H]4CCC[C@@H](C3)N4[C@H]3C[C@@H]4CCC[C@@H](C4)C3)c2=O)c[nH]c1=O. The summed E-state index contributed by atoms with van der Waals surface area (Å²) in [7, 11) is 0. The molecule has 0 unspecified atom stereocenters. The van der Waals surface area contributed by atoms with E-state index in [0.29, 0.717) is 23.7 Å². The fraction of sp³-hybridized carbons (Fsp3) is 0.548. The molecule has 6 atom stereocenters. The average Bonchev–Trinajstić information content (AvgIpc) is 2.92. The first-order chi connectivity index (χ1) is 19.0. The highest BCUT2D eigenvalue weighted by atomic mass is 16.2. The first-order valence-electron chi connectivity index (χ1n) is 14.8. The highest BCUT2D eigenvalue weighted by molar-refractivity contribution is 5.93. The number of carbonyl (C=O) groups is 1. The standard InChI is InChI=1S/C31H37N5O3/c32-29(37)25-14-20(17-33-30(25)38)28-31(39)36(27-10-2-1-9-26(27)34-28)24-15-21-7-4-8-22(16-24)35(21)23-12-18-5-3-6-19(11-18)13-23/h1-2,9-10,14,17-19,21-24H,3-8,11-13,15-16H2,(H2,32,37)(H,33,38)/t18-,19+,21-,22+,23+,24+. The van der Waals surface area contributed by atoms with Gasteiger partial charge in [0.2, 0.25) is 0 Å². The van der Waals surface area contributed by atoms with E-state index < -0.39 is 11.5 Å². The lowest BCUT2D eigenvalue weighted by Crippen LogP contribution is -2.58. The predicted octanol–water partition coefficient (Wildman–Crippen LogP) is 4.38. The van der Waals surface area contributed by atoms with E-state index >= 15 is 0 Å². The molecule has 0 spiro atoms. The van der Waals surface area contributed by atoms with Crippen molar-refractivity contribution in [3.05, 3.63) is 62.8 Å². The summed E-state index contributed by atoms with van der Waals surface area (Å²) < 4.78 is 1.96. The number of carbonyl (C=O) groups excluding carboxylic acids is 1. The van der Waals surface area contributed by atoms with Gasteiger partial charge in [-0.15, -0.1) is 0 Å². The Morgan fingerprint density at radius 1 is 0.872 bits per heavy atom. The van der Waals surface area contributed by atoms with Crippen LogP contribution in [0.15, 0.2) is 46.1 Å². The topological polar surface area (TPSA) is 114 Å². The van der Waals surface area contributed by atoms with Crippen LogP contribution in [-0.2, 0) is 0 Å². The van der Waals surface area contributed by atoms with Gasteiger partial charge in [0.15, 0.2) is 0 Å². The Bertz CT molecular complexity index is 1520. The molecule has 8 nitrogen and oxygen atoms in total. The summed E-state index contributed by atoms with van der Waals surface area (Å²) in [6.45, 7) is 0. The van der Waals surface area contributed by atoms with Crippen LogP contribution in [0.5, 0.6) is 0 Å². The van der Waals surface area contributed by atoms with Crippen molar-refractivity contribution in [2.75, 3.05) is 0 Å². The van der Waals surface area contributed by atoms with Crippen LogP contribution >= 0.6 is 0 Å². The number of nitrogens with one attached hydrogen (secondary N) is 1. The number of nitrogens with two attached hydrogens (primary N) is 1. The largest absolute Gasteiger partial charge is 0.365 e. The lowest BCUT2D eigenvalue weighted by molar-refractivity contribution is -0.0485. The molecule has 3 N–H and O–H groups in total. The van der Waals surface area contributed by atoms with Gasteiger partial charge < -0.3 is 15.3 Å². The number of para-hydroxylation sites is 2. The molecule has 0 radical (unpaired) electrons. The minimum atomic E-state index is -0.828. The summed E-state index contributed by atoms with van der Waals surface area (Å²) in [5.74, 6) is 0.974. The normalized spacial score (nSPS) is 30.8. The molecular weight excluding hydrogens is 490 g/mol. The second-order valence-corrected chi connectivity index (χ2v) is 12.5. The molecule has 4 bridgehead atoms. The van der Waals surface area contributed by atoms with E-state index in [1.807, 2.05) is 28.8 Å². The summed E-state index contributed by atoms with van der Waals surface area (Å²) in [6.07, 6.45) is 15.4. The smallest absolute Gasteiger partial charge is 0.277 e. The number of hydrogen-bond acceptors (Lipinski definition) is 5. The molecule has 39 heavy (non-hydrogen) atoms. The number of hydrogen-bond donors (Lipinski definition) is 2. The monoisotopic (exact) mass is 527 g/mol. The van der Waals surface area contributed by atoms with Crippen molar-refractivity contribution in [2.45, 2.75) is 94.8 Å². The number of rotatable bonds is 4. The van der Waals surface area contributed by atoms with Crippen LogP contribution in [-0.4, -0.2) is 43.5 Å². The number of nitrogens with zero attached hydrogens (tertiary/aromatic N) is 3. The molecule has 8 heteroatoms. The maximum atomic E-state index is 14.2. The number of aromatic amines is 1. The maximum absolute atomic E-state index is 14.2. The van der Waals surface area contributed by atoms with Crippen molar-refractivity contribution < 1.29 is 4.79 Å². The van der Waals surface area contributed by atoms with Gasteiger partial charge in [-0.3, -0.25) is 19.3 Å². The third-order valence-electron chi connectivity index (χ3n) is 10.1. The number of amides is 1. The van der Waals surface area contributed by atoms with Crippen molar-refractivity contribution in [1.29, 1.82) is 0 Å². The molecule has 2 saturated carbocycles. The van der Waals surface area contributed by atoms with Crippen LogP contribution in [0.1, 0.15) is 87.0 Å². The Balaban J connectivity index is 1.27. The van der Waals surface area contributed by atoms with Crippen LogP contribution in [0.25, 0.3) is 22.3 Å². The van der Waals surface area contributed by atoms with Crippen molar-refractivity contribution in [3.8, 4) is 11.3 Å². The Morgan fingerprint density at radius 2 is 1.56 bits per heavy atom. The fourth-order valence-electron chi connectivity index (χ4n) is 8.64. The third-order valence-corrected chi connectivity index (χ3v) is 10.1. The lowest BCUT2D eigenvalue weighted by atomic mass is 9.68. The van der Waals surface area contributed by atoms with E-state index in [1.165, 1.54) is 70.1 Å². The molecular formula is C31H37N5O3. The number of aromatic nitrogens is 3. The first-order valence-corrected chi connectivity index (χ1v) is 14.8. The Hall–Kier alpha value is -3.26. The predicted molar refractivity (Wildman–Crippen MR) is 151 cm³/mol. The highest BCUT2D eigenvalue weighted by Gasteiger charge is 2.45. The molecule has 204 valence electrons. The van der Waals surface area contributed by atoms with E-state index in [9.17, 15) is 14.4 Å². The molecule has 2 aromatic heterocycles. The number of H-pyrrole nitrogens is 1. The second kappa shape index (κ2) is 9.73. The molecule has 2 aliphatic heterocycles. The van der Waals surface area contributed by atoms with Crippen molar-refractivity contribution in [2.24, 2.45) is 17.6 Å². The average molecular weight is 528 g/mol. The van der Waals surface area contributed by atoms with Gasteiger partial charge in [-0.05, 0) is 75.0 Å². The molecule has 1 aromatic carbocycles. The quantitative estimate of drug-likeness (QED) is 0.523. The lowest BCUT2D eigenvalue weighted by Gasteiger charge is -2.55. The minimum Gasteiger partial charge on any atom is -0.365 e. The van der Waals surface area contributed by atoms with E-state index in [2.05, 4.69) is 9.88 Å². The van der Waals surface area contributed by atoms with Gasteiger partial charge >= 0.3 is 0 Å². The number of piperidine rings is 2. The molecule has 1 amide bonds. The Labute approximate surface area is 227 Å². The molecule has 4 heterocycles. The number of primary amides is 1. The summed E-state index contributed by atoms with van der Waals surface area (Å²) in [4.78, 5) is 48.3. The van der Waals surface area contributed by atoms with Gasteiger partial charge in [0.1, 0.15) is 11.3 Å². The summed E-state index contributed by atoms with van der Waals surface area (Å²) in [5.41, 5.74) is 6.71. The summed E-state index contributed by atoms with van der Waals surface area (Å²) >= 11 is 0. The van der Waals surface area contributed by atoms with Gasteiger partial charge in [-0.1, -0.05) is 37.8 Å². The molecule has 4 fully saturated rings. The van der Waals surface area contributed by atoms with Crippen LogP contribution in [0.3, 0.4) is 0 Å². The Kier molecular flexibility index (Phi) is 6.18. The molecule has 3 aromatic rings. The summed E-state index contributed by atoms with van der Waals surface area (Å²) in [5, 5.41) is 0. The molecule has 2 aliphatic carbocycles. The number of fused-ring (bicyclic) bond motifs is 5. The fourth-order valence-corrected chi connectivity index (χ4v) is 8.64. The van der Waals surface area contributed by atoms with Crippen molar-refractivity contribution in [3.63, 3.8) is 0 Å². The van der Waals surface area contributed by atoms with Crippen molar-refractivity contribution in [1.82, 2.24) is 19.4 Å². The number of pyridine rings is 1. The van der Waals surface area contributed by atoms with Gasteiger partial charge in [-0.2, -0.15) is 0 Å². The maximum Gasteiger partial charge on any atom is 0.277 e. The zero-order chi connectivity index (χ0) is 26.7. The van der Waals surface area contributed by atoms with Gasteiger partial charge in [0.05, 0.1) is 11.0 Å². The van der Waals surface area contributed by atoms with Crippen LogP contribution in [0.2, 0.25) is 0 Å². The second-order valence-electron chi connectivity index (χ2n) is 12.5. The van der Waals surface area contributed by atoms with E-state index in [1.54, 1.807) is 0 Å². The van der Waals surface area contributed by atoms with Gasteiger partial charge in [-0.25, -0.2) is 4.98 Å². The first kappa shape index (κ1) is 24.8. The van der Waals surface area contributed by atoms with Crippen LogP contribution in [0, 0.1) is 11.8 Å². The Morgan fingerprint density at radius 3 is 2.28 bits per heavy atom. The zero-order valence-corrected chi connectivity index (χ0v) is 22.4. The minimum absolute atomic E-state index is 0.0807. The van der Waals surface area contributed by atoms with E-state index in [-0.39, 0.29) is 22.9 Å².